The van der Waals surface area contributed by atoms with E-state index in [1.54, 1.807) is 18.2 Å². The highest BCUT2D eigenvalue weighted by Gasteiger charge is 2.32. The van der Waals surface area contributed by atoms with Crippen molar-refractivity contribution in [3.8, 4) is 0 Å². The molecule has 3 aromatic rings. The molecule has 8 heteroatoms. The maximum atomic E-state index is 13.2. The van der Waals surface area contributed by atoms with Crippen molar-refractivity contribution < 1.29 is 18.8 Å². The number of rotatable bonds is 3. The molecule has 4 N–H and O–H groups in total. The molecule has 1 atom stereocenters. The number of anilines is 1. The number of nitrogens with two attached hydrogens (primary N) is 1. The fourth-order valence-electron chi connectivity index (χ4n) is 3.46. The first kappa shape index (κ1) is 20.8. The topological polar surface area (TPSA) is 105 Å². The molecule has 0 radical (unpaired) electrons. The SMILES string of the molecule is NC(=O)N(NC(=O)c1ccc(F)cc1)[C@H]1C=C(c2ccccc2)c2ccccc2NC1=O. The van der Waals surface area contributed by atoms with Crippen LogP contribution in [-0.2, 0) is 4.79 Å². The normalized spacial score (nSPS) is 15.0. The van der Waals surface area contributed by atoms with Crippen molar-refractivity contribution >= 4 is 29.1 Å². The van der Waals surface area contributed by atoms with Crippen LogP contribution in [0.25, 0.3) is 5.57 Å². The fraction of sp³-hybridized carbons (Fsp3) is 0.0417. The third kappa shape index (κ3) is 4.20. The number of halogens is 1. The molecule has 0 unspecified atom stereocenters. The zero-order valence-electron chi connectivity index (χ0n) is 16.8. The number of para-hydroxylation sites is 1. The molecule has 0 bridgehead atoms. The third-order valence-corrected chi connectivity index (χ3v) is 5.00. The smallest absolute Gasteiger partial charge is 0.334 e. The van der Waals surface area contributed by atoms with Gasteiger partial charge in [0, 0.05) is 16.8 Å². The zero-order valence-corrected chi connectivity index (χ0v) is 16.8. The quantitative estimate of drug-likeness (QED) is 0.555. The highest BCUT2D eigenvalue weighted by Crippen LogP contribution is 2.33. The first-order valence-electron chi connectivity index (χ1n) is 9.77. The maximum Gasteiger partial charge on any atom is 0.334 e. The van der Waals surface area contributed by atoms with Gasteiger partial charge in [-0.3, -0.25) is 15.0 Å². The van der Waals surface area contributed by atoms with Gasteiger partial charge in [-0.2, -0.15) is 0 Å². The number of primary amides is 1. The summed E-state index contributed by atoms with van der Waals surface area (Å²) in [5, 5.41) is 3.55. The lowest BCUT2D eigenvalue weighted by Crippen LogP contribution is -2.57. The summed E-state index contributed by atoms with van der Waals surface area (Å²) < 4.78 is 13.2. The minimum absolute atomic E-state index is 0.0993. The van der Waals surface area contributed by atoms with Crippen molar-refractivity contribution in [1.82, 2.24) is 10.4 Å². The second kappa shape index (κ2) is 8.73. The van der Waals surface area contributed by atoms with Gasteiger partial charge in [0.25, 0.3) is 11.8 Å². The van der Waals surface area contributed by atoms with Gasteiger partial charge < -0.3 is 11.1 Å². The standard InChI is InChI=1S/C24H19FN4O3/c25-17-12-10-16(11-13-17)22(30)28-29(24(26)32)21-14-19(15-6-2-1-3-7-15)18-8-4-5-9-20(18)27-23(21)31/h1-14,21H,(H2,26,32)(H,27,31)(H,28,30)/t21-/m0/s1. The molecular weight excluding hydrogens is 411 g/mol. The molecule has 0 spiro atoms. The van der Waals surface area contributed by atoms with Crippen LogP contribution in [0.5, 0.6) is 0 Å². The average molecular weight is 430 g/mol. The number of fused-ring (bicyclic) bond motifs is 1. The minimum atomic E-state index is -1.24. The zero-order chi connectivity index (χ0) is 22.7. The molecule has 7 nitrogen and oxygen atoms in total. The molecule has 4 rings (SSSR count). The lowest BCUT2D eigenvalue weighted by Gasteiger charge is -2.27. The molecule has 1 aliphatic rings. The Morgan fingerprint density at radius 1 is 0.938 bits per heavy atom. The molecular formula is C24H19FN4O3. The highest BCUT2D eigenvalue weighted by atomic mass is 19.1. The first-order chi connectivity index (χ1) is 15.4. The highest BCUT2D eigenvalue weighted by molar-refractivity contribution is 6.06. The van der Waals surface area contributed by atoms with Crippen molar-refractivity contribution in [2.75, 3.05) is 5.32 Å². The Morgan fingerprint density at radius 2 is 1.59 bits per heavy atom. The van der Waals surface area contributed by atoms with Gasteiger partial charge >= 0.3 is 6.03 Å². The van der Waals surface area contributed by atoms with Crippen LogP contribution in [0.1, 0.15) is 21.5 Å². The molecule has 4 amide bonds. The molecule has 1 aliphatic heterocycles. The summed E-state index contributed by atoms with van der Waals surface area (Å²) in [6.45, 7) is 0. The Labute approximate surface area is 183 Å². The van der Waals surface area contributed by atoms with Gasteiger partial charge in [0.15, 0.2) is 6.04 Å². The van der Waals surface area contributed by atoms with Crippen LogP contribution in [0.4, 0.5) is 14.9 Å². The second-order valence-corrected chi connectivity index (χ2v) is 7.08. The van der Waals surface area contributed by atoms with Crippen molar-refractivity contribution in [2.45, 2.75) is 6.04 Å². The molecule has 160 valence electrons. The van der Waals surface area contributed by atoms with E-state index in [0.29, 0.717) is 11.3 Å². The van der Waals surface area contributed by atoms with Gasteiger partial charge in [-0.05, 0) is 47.5 Å². The minimum Gasteiger partial charge on any atom is -0.350 e. The van der Waals surface area contributed by atoms with Crippen LogP contribution >= 0.6 is 0 Å². The van der Waals surface area contributed by atoms with Crippen LogP contribution < -0.4 is 16.5 Å². The predicted molar refractivity (Wildman–Crippen MR) is 118 cm³/mol. The number of benzene rings is 3. The Balaban J connectivity index is 1.75. The van der Waals surface area contributed by atoms with Crippen molar-refractivity contribution in [3.05, 3.63) is 107 Å². The fourth-order valence-corrected chi connectivity index (χ4v) is 3.46. The molecule has 3 aromatic carbocycles. The van der Waals surface area contributed by atoms with Crippen molar-refractivity contribution in [2.24, 2.45) is 5.73 Å². The monoisotopic (exact) mass is 430 g/mol. The van der Waals surface area contributed by atoms with E-state index in [9.17, 15) is 18.8 Å². The van der Waals surface area contributed by atoms with E-state index in [2.05, 4.69) is 10.7 Å². The Kier molecular flexibility index (Phi) is 5.67. The number of nitrogens with zero attached hydrogens (tertiary/aromatic N) is 1. The van der Waals surface area contributed by atoms with E-state index in [0.717, 1.165) is 28.3 Å². The van der Waals surface area contributed by atoms with Crippen LogP contribution in [0.3, 0.4) is 0 Å². The number of carbonyl (C=O) groups is 3. The van der Waals surface area contributed by atoms with E-state index >= 15 is 0 Å². The second-order valence-electron chi connectivity index (χ2n) is 7.08. The Morgan fingerprint density at radius 3 is 2.28 bits per heavy atom. The number of amides is 4. The lowest BCUT2D eigenvalue weighted by atomic mass is 9.95. The third-order valence-electron chi connectivity index (χ3n) is 5.00. The van der Waals surface area contributed by atoms with E-state index < -0.39 is 29.7 Å². The van der Waals surface area contributed by atoms with Crippen LogP contribution in [0.2, 0.25) is 0 Å². The summed E-state index contributed by atoms with van der Waals surface area (Å²) in [4.78, 5) is 38.0. The number of urea groups is 1. The van der Waals surface area contributed by atoms with Gasteiger partial charge in [-0.25, -0.2) is 14.2 Å². The van der Waals surface area contributed by atoms with Gasteiger partial charge in [-0.15, -0.1) is 0 Å². The molecule has 1 heterocycles. The summed E-state index contributed by atoms with van der Waals surface area (Å²) in [7, 11) is 0. The summed E-state index contributed by atoms with van der Waals surface area (Å²) >= 11 is 0. The number of hydrogen-bond acceptors (Lipinski definition) is 3. The number of nitrogens with one attached hydrogen (secondary N) is 2. The molecule has 32 heavy (non-hydrogen) atoms. The molecule has 0 aliphatic carbocycles. The van der Waals surface area contributed by atoms with E-state index in [-0.39, 0.29) is 5.56 Å². The average Bonchev–Trinajstić information content (AvgIpc) is 2.94. The Hall–Kier alpha value is -4.46. The number of carbonyl (C=O) groups excluding carboxylic acids is 3. The summed E-state index contributed by atoms with van der Waals surface area (Å²) in [6, 6.07) is 19.0. The predicted octanol–water partition coefficient (Wildman–Crippen LogP) is 3.30. The maximum absolute atomic E-state index is 13.2. The summed E-state index contributed by atoms with van der Waals surface area (Å²) in [6.07, 6.45) is 1.58. The van der Waals surface area contributed by atoms with Gasteiger partial charge in [-0.1, -0.05) is 48.5 Å². The van der Waals surface area contributed by atoms with Gasteiger partial charge in [0.2, 0.25) is 0 Å². The first-order valence-corrected chi connectivity index (χ1v) is 9.77. The number of hydrazine groups is 1. The van der Waals surface area contributed by atoms with Gasteiger partial charge in [0.1, 0.15) is 5.82 Å². The van der Waals surface area contributed by atoms with Crippen molar-refractivity contribution in [1.29, 1.82) is 0 Å². The molecule has 0 saturated carbocycles. The lowest BCUT2D eigenvalue weighted by molar-refractivity contribution is -0.119. The number of hydrogen-bond donors (Lipinski definition) is 3. The van der Waals surface area contributed by atoms with Crippen LogP contribution in [0, 0.1) is 5.82 Å². The summed E-state index contributed by atoms with van der Waals surface area (Å²) in [5.74, 6) is -1.78. The Bertz CT molecular complexity index is 1210. The van der Waals surface area contributed by atoms with Crippen molar-refractivity contribution in [3.63, 3.8) is 0 Å². The molecule has 0 fully saturated rings. The largest absolute Gasteiger partial charge is 0.350 e. The summed E-state index contributed by atoms with van der Waals surface area (Å²) in [5.41, 5.74) is 10.8. The van der Waals surface area contributed by atoms with E-state index in [1.165, 1.54) is 12.1 Å². The molecule has 0 saturated heterocycles. The van der Waals surface area contributed by atoms with Crippen LogP contribution in [-0.4, -0.2) is 28.9 Å². The van der Waals surface area contributed by atoms with E-state index in [4.69, 9.17) is 5.73 Å². The van der Waals surface area contributed by atoms with Gasteiger partial charge in [0.05, 0.1) is 0 Å². The molecule has 0 aromatic heterocycles. The van der Waals surface area contributed by atoms with E-state index in [1.807, 2.05) is 42.5 Å². The van der Waals surface area contributed by atoms with Crippen LogP contribution in [0.15, 0.2) is 84.9 Å².